The van der Waals surface area contributed by atoms with Crippen LogP contribution in [0.15, 0.2) is 65.8 Å². The third-order valence-corrected chi connectivity index (χ3v) is 8.33. The Kier molecular flexibility index (Phi) is 8.57. The fourth-order valence-corrected chi connectivity index (χ4v) is 6.14. The first-order valence-electron chi connectivity index (χ1n) is 13.3. The molecule has 0 aliphatic carbocycles. The quantitative estimate of drug-likeness (QED) is 0.252. The summed E-state index contributed by atoms with van der Waals surface area (Å²) in [5, 5.41) is 0.831. The van der Waals surface area contributed by atoms with Crippen molar-refractivity contribution in [2.75, 3.05) is 61.4 Å². The van der Waals surface area contributed by atoms with Gasteiger partial charge in [-0.3, -0.25) is 9.59 Å². The first-order chi connectivity index (χ1) is 18.9. The average molecular weight is 565 g/mol. The largest absolute Gasteiger partial charge is 0.368 e. The topological polar surface area (TPSA) is 72.9 Å². The molecule has 2 aliphatic rings. The molecule has 204 valence electrons. The minimum atomic E-state index is 0.0104. The molecular formula is C29H33ClN6O2S. The summed E-state index contributed by atoms with van der Waals surface area (Å²) in [5.41, 5.74) is 3.18. The second-order valence-corrected chi connectivity index (χ2v) is 11.3. The van der Waals surface area contributed by atoms with E-state index in [0.29, 0.717) is 48.6 Å². The van der Waals surface area contributed by atoms with E-state index in [1.165, 1.54) is 23.0 Å². The lowest BCUT2D eigenvalue weighted by molar-refractivity contribution is -0.128. The molecule has 10 heteroatoms. The zero-order chi connectivity index (χ0) is 27.4. The van der Waals surface area contributed by atoms with Crippen LogP contribution in [0.3, 0.4) is 0 Å². The van der Waals surface area contributed by atoms with Crippen LogP contribution in [0.4, 0.5) is 11.5 Å². The van der Waals surface area contributed by atoms with Gasteiger partial charge in [0, 0.05) is 69.2 Å². The summed E-state index contributed by atoms with van der Waals surface area (Å²) in [6, 6.07) is 19.5. The maximum atomic E-state index is 13.0. The molecule has 3 heterocycles. The van der Waals surface area contributed by atoms with Gasteiger partial charge in [-0.25, -0.2) is 9.97 Å². The Balaban J connectivity index is 1.15. The van der Waals surface area contributed by atoms with Crippen molar-refractivity contribution < 1.29 is 9.59 Å². The maximum Gasteiger partial charge on any atom is 0.254 e. The lowest BCUT2D eigenvalue weighted by Gasteiger charge is -2.40. The summed E-state index contributed by atoms with van der Waals surface area (Å²) >= 11 is 7.67. The SMILES string of the molecule is Cc1ccccc1N1CCN(C(=O)CSc2nc(Cl)cc(N3CCN(C(=O)c4ccccc4)C(C)C3)n2)CC1. The Bertz CT molecular complexity index is 1320. The highest BCUT2D eigenvalue weighted by Gasteiger charge is 2.29. The number of aromatic nitrogens is 2. The van der Waals surface area contributed by atoms with E-state index in [1.54, 1.807) is 6.07 Å². The zero-order valence-corrected chi connectivity index (χ0v) is 23.9. The van der Waals surface area contributed by atoms with Gasteiger partial charge in [-0.1, -0.05) is 59.8 Å². The molecule has 2 aromatic carbocycles. The van der Waals surface area contributed by atoms with E-state index in [0.717, 1.165) is 18.9 Å². The monoisotopic (exact) mass is 564 g/mol. The first-order valence-corrected chi connectivity index (χ1v) is 14.6. The average Bonchev–Trinajstić information content (AvgIpc) is 2.96. The molecule has 0 bridgehead atoms. The molecular weight excluding hydrogens is 532 g/mol. The van der Waals surface area contributed by atoms with Crippen molar-refractivity contribution in [3.05, 3.63) is 76.9 Å². The molecule has 0 radical (unpaired) electrons. The molecule has 0 spiro atoms. The molecule has 0 N–H and O–H groups in total. The Hall–Kier alpha value is -3.30. The minimum absolute atomic E-state index is 0.0104. The van der Waals surface area contributed by atoms with Crippen LogP contribution in [0.2, 0.25) is 5.15 Å². The zero-order valence-electron chi connectivity index (χ0n) is 22.3. The van der Waals surface area contributed by atoms with E-state index < -0.39 is 0 Å². The van der Waals surface area contributed by atoms with Gasteiger partial charge in [0.05, 0.1) is 5.75 Å². The number of hydrogen-bond acceptors (Lipinski definition) is 7. The van der Waals surface area contributed by atoms with Crippen LogP contribution < -0.4 is 9.80 Å². The molecule has 39 heavy (non-hydrogen) atoms. The third-order valence-electron chi connectivity index (χ3n) is 7.31. The number of rotatable bonds is 6. The van der Waals surface area contributed by atoms with Crippen LogP contribution in [-0.2, 0) is 4.79 Å². The number of amides is 2. The second-order valence-electron chi connectivity index (χ2n) is 9.93. The van der Waals surface area contributed by atoms with Crippen LogP contribution in [0.1, 0.15) is 22.8 Å². The lowest BCUT2D eigenvalue weighted by Crippen LogP contribution is -2.54. The molecule has 2 fully saturated rings. The van der Waals surface area contributed by atoms with E-state index >= 15 is 0 Å². The third kappa shape index (κ3) is 6.47. The number of para-hydroxylation sites is 1. The summed E-state index contributed by atoms with van der Waals surface area (Å²) in [7, 11) is 0. The van der Waals surface area contributed by atoms with Crippen LogP contribution in [0.25, 0.3) is 0 Å². The Morgan fingerprint density at radius 3 is 2.33 bits per heavy atom. The number of carbonyl (C=O) groups is 2. The van der Waals surface area contributed by atoms with E-state index in [2.05, 4.69) is 39.9 Å². The summed E-state index contributed by atoms with van der Waals surface area (Å²) < 4.78 is 0. The number of carbonyl (C=O) groups excluding carboxylic acids is 2. The summed E-state index contributed by atoms with van der Waals surface area (Å²) in [5.74, 6) is 1.10. The molecule has 8 nitrogen and oxygen atoms in total. The number of halogens is 1. The van der Waals surface area contributed by atoms with Crippen molar-refractivity contribution in [3.8, 4) is 0 Å². The lowest BCUT2D eigenvalue weighted by atomic mass is 10.1. The van der Waals surface area contributed by atoms with Crippen molar-refractivity contribution >= 4 is 46.7 Å². The number of hydrogen-bond donors (Lipinski definition) is 0. The molecule has 1 unspecified atom stereocenters. The van der Waals surface area contributed by atoms with E-state index in [4.69, 9.17) is 16.6 Å². The first kappa shape index (κ1) is 27.3. The number of piperazine rings is 2. The summed E-state index contributed by atoms with van der Waals surface area (Å²) in [6.45, 7) is 9.05. The number of nitrogens with zero attached hydrogens (tertiary/aromatic N) is 6. The molecule has 3 aromatic rings. The molecule has 2 saturated heterocycles. The van der Waals surface area contributed by atoms with Gasteiger partial charge < -0.3 is 19.6 Å². The van der Waals surface area contributed by atoms with E-state index in [-0.39, 0.29) is 23.6 Å². The van der Waals surface area contributed by atoms with Gasteiger partial charge in [0.25, 0.3) is 5.91 Å². The van der Waals surface area contributed by atoms with Gasteiger partial charge in [-0.15, -0.1) is 0 Å². The molecule has 1 atom stereocenters. The number of aryl methyl sites for hydroxylation is 1. The fourth-order valence-electron chi connectivity index (χ4n) is 5.16. The van der Waals surface area contributed by atoms with Crippen molar-refractivity contribution in [1.29, 1.82) is 0 Å². The van der Waals surface area contributed by atoms with Crippen LogP contribution >= 0.6 is 23.4 Å². The predicted octanol–water partition coefficient (Wildman–Crippen LogP) is 4.23. The summed E-state index contributed by atoms with van der Waals surface area (Å²) in [4.78, 5) is 43.3. The molecule has 2 aliphatic heterocycles. The van der Waals surface area contributed by atoms with E-state index in [1.807, 2.05) is 53.1 Å². The number of thioether (sulfide) groups is 1. The van der Waals surface area contributed by atoms with Gasteiger partial charge in [0.15, 0.2) is 5.16 Å². The van der Waals surface area contributed by atoms with Crippen LogP contribution in [-0.4, -0.2) is 89.2 Å². The van der Waals surface area contributed by atoms with Crippen LogP contribution in [0, 0.1) is 6.92 Å². The van der Waals surface area contributed by atoms with Crippen molar-refractivity contribution in [2.24, 2.45) is 0 Å². The van der Waals surface area contributed by atoms with Gasteiger partial charge >= 0.3 is 0 Å². The predicted molar refractivity (Wildman–Crippen MR) is 157 cm³/mol. The van der Waals surface area contributed by atoms with E-state index in [9.17, 15) is 9.59 Å². The van der Waals surface area contributed by atoms with Gasteiger partial charge in [-0.2, -0.15) is 0 Å². The van der Waals surface area contributed by atoms with Crippen LogP contribution in [0.5, 0.6) is 0 Å². The Morgan fingerprint density at radius 1 is 0.923 bits per heavy atom. The van der Waals surface area contributed by atoms with Crippen molar-refractivity contribution in [2.45, 2.75) is 25.0 Å². The van der Waals surface area contributed by atoms with Gasteiger partial charge in [0.1, 0.15) is 11.0 Å². The smallest absolute Gasteiger partial charge is 0.254 e. The maximum absolute atomic E-state index is 13.0. The van der Waals surface area contributed by atoms with Gasteiger partial charge in [-0.05, 0) is 37.6 Å². The van der Waals surface area contributed by atoms with Crippen molar-refractivity contribution in [1.82, 2.24) is 19.8 Å². The molecule has 1 aromatic heterocycles. The Morgan fingerprint density at radius 2 is 1.62 bits per heavy atom. The number of benzene rings is 2. The molecule has 0 saturated carbocycles. The van der Waals surface area contributed by atoms with Crippen molar-refractivity contribution in [3.63, 3.8) is 0 Å². The van der Waals surface area contributed by atoms with Gasteiger partial charge in [0.2, 0.25) is 5.91 Å². The Labute approximate surface area is 239 Å². The highest BCUT2D eigenvalue weighted by molar-refractivity contribution is 7.99. The normalized spacial score (nSPS) is 17.9. The summed E-state index contributed by atoms with van der Waals surface area (Å²) in [6.07, 6.45) is 0. The molecule has 2 amide bonds. The second kappa shape index (κ2) is 12.3. The fraction of sp³-hybridized carbons (Fsp3) is 0.379. The standard InChI is InChI=1S/C29H33ClN6O2S/c1-21-8-6-7-11-24(21)33-12-14-34(15-13-33)27(37)20-39-29-31-25(30)18-26(32-29)35-16-17-36(22(2)19-35)28(38)23-9-4-3-5-10-23/h3-11,18,22H,12-17,19-20H2,1-2H3. The highest BCUT2D eigenvalue weighted by Crippen LogP contribution is 2.26. The number of anilines is 2. The minimum Gasteiger partial charge on any atom is -0.368 e. The highest BCUT2D eigenvalue weighted by atomic mass is 35.5. The molecule has 5 rings (SSSR count).